The average Bonchev–Trinajstić information content (AvgIpc) is 2.75. The van der Waals surface area contributed by atoms with Gasteiger partial charge in [0, 0.05) is 24.9 Å². The summed E-state index contributed by atoms with van der Waals surface area (Å²) in [6.07, 6.45) is 2.79. The zero-order valence-electron chi connectivity index (χ0n) is 22.1. The van der Waals surface area contributed by atoms with E-state index >= 15 is 0 Å². The van der Waals surface area contributed by atoms with Crippen molar-refractivity contribution < 1.29 is 19.1 Å². The number of amides is 1. The first-order valence-electron chi connectivity index (χ1n) is 12.1. The second-order valence-electron chi connectivity index (χ2n) is 9.88. The summed E-state index contributed by atoms with van der Waals surface area (Å²) in [5.74, 6) is 0.723. The van der Waals surface area contributed by atoms with Gasteiger partial charge >= 0.3 is 0 Å². The molecule has 0 atom stereocenters. The number of ether oxygens (including phenoxy) is 2. The van der Waals surface area contributed by atoms with Gasteiger partial charge in [0.25, 0.3) is 0 Å². The van der Waals surface area contributed by atoms with Crippen molar-refractivity contribution in [3.05, 3.63) is 35.4 Å². The van der Waals surface area contributed by atoms with Gasteiger partial charge in [-0.25, -0.2) is 0 Å². The topological polar surface area (TPSA) is 141 Å². The predicted molar refractivity (Wildman–Crippen MR) is 140 cm³/mol. The third-order valence-corrected chi connectivity index (χ3v) is 5.24. The molecule has 0 aromatic heterocycles. The molecule has 0 bridgehead atoms. The first-order chi connectivity index (χ1) is 16.3. The second-order valence-corrected chi connectivity index (χ2v) is 9.88. The number of carbonyl (C=O) groups is 2. The molecule has 0 spiro atoms. The fourth-order valence-electron chi connectivity index (χ4n) is 3.17. The molecule has 9 nitrogen and oxygen atoms in total. The molecule has 1 rings (SSSR count). The molecule has 0 heterocycles. The molecule has 5 N–H and O–H groups in total. The highest BCUT2D eigenvalue weighted by Gasteiger charge is 2.25. The van der Waals surface area contributed by atoms with Crippen molar-refractivity contribution >= 4 is 23.4 Å². The van der Waals surface area contributed by atoms with Gasteiger partial charge in [-0.3, -0.25) is 9.59 Å². The molecule has 196 valence electrons. The van der Waals surface area contributed by atoms with Gasteiger partial charge in [-0.1, -0.05) is 31.2 Å². The Labute approximate surface area is 209 Å². The van der Waals surface area contributed by atoms with E-state index in [4.69, 9.17) is 20.9 Å². The number of hydrogen-bond acceptors (Lipinski definition) is 6. The molecule has 9 heteroatoms. The second kappa shape index (κ2) is 14.6. The van der Waals surface area contributed by atoms with Crippen LogP contribution in [-0.2, 0) is 25.6 Å². The molecule has 1 aromatic carbocycles. The van der Waals surface area contributed by atoms with Crippen molar-refractivity contribution in [1.29, 1.82) is 0 Å². The van der Waals surface area contributed by atoms with Crippen LogP contribution in [-0.4, -0.2) is 47.8 Å². The van der Waals surface area contributed by atoms with Gasteiger partial charge in [0.2, 0.25) is 5.91 Å². The highest BCUT2D eigenvalue weighted by molar-refractivity contribution is 5.97. The Morgan fingerprint density at radius 3 is 2.17 bits per heavy atom. The van der Waals surface area contributed by atoms with Crippen molar-refractivity contribution in [3.63, 3.8) is 0 Å². The van der Waals surface area contributed by atoms with Gasteiger partial charge in [-0.15, -0.1) is 10.2 Å². The van der Waals surface area contributed by atoms with Gasteiger partial charge < -0.3 is 26.3 Å². The van der Waals surface area contributed by atoms with Crippen LogP contribution in [0.25, 0.3) is 0 Å². The molecule has 0 saturated carbocycles. The number of rotatable bonds is 16. The molecule has 0 aliphatic heterocycles. The Morgan fingerprint density at radius 1 is 0.943 bits per heavy atom. The molecule has 35 heavy (non-hydrogen) atoms. The molecule has 0 aliphatic rings. The summed E-state index contributed by atoms with van der Waals surface area (Å²) in [4.78, 5) is 24.1. The van der Waals surface area contributed by atoms with Gasteiger partial charge in [-0.05, 0) is 53.0 Å². The lowest BCUT2D eigenvalue weighted by Gasteiger charge is -2.29. The minimum Gasteiger partial charge on any atom is -0.386 e. The summed E-state index contributed by atoms with van der Waals surface area (Å²) in [6, 6.07) is 7.38. The third kappa shape index (κ3) is 13.6. The van der Waals surface area contributed by atoms with E-state index in [0.29, 0.717) is 44.9 Å². The summed E-state index contributed by atoms with van der Waals surface area (Å²) < 4.78 is 11.9. The van der Waals surface area contributed by atoms with Crippen LogP contribution < -0.4 is 16.8 Å². The number of Topliss-reactive ketones (excluding diaryl/α,β-unsaturated/α-hetero) is 1. The van der Waals surface area contributed by atoms with Crippen molar-refractivity contribution in [2.75, 3.05) is 13.2 Å². The maximum absolute atomic E-state index is 12.5. The Morgan fingerprint density at radius 2 is 1.57 bits per heavy atom. The van der Waals surface area contributed by atoms with Gasteiger partial charge in [0.1, 0.15) is 11.6 Å². The number of nitrogens with two attached hydrogens (primary N) is 2. The van der Waals surface area contributed by atoms with E-state index in [9.17, 15) is 9.59 Å². The summed E-state index contributed by atoms with van der Waals surface area (Å²) in [6.45, 7) is 12.6. The van der Waals surface area contributed by atoms with Gasteiger partial charge in [-0.2, -0.15) is 0 Å². The first-order valence-corrected chi connectivity index (χ1v) is 12.1. The number of amidine groups is 2. The maximum Gasteiger partial charge on any atom is 0.223 e. The minimum atomic E-state index is -0.617. The normalized spacial score (nSPS) is 13.1. The van der Waals surface area contributed by atoms with E-state index in [1.807, 2.05) is 58.9 Å². The van der Waals surface area contributed by atoms with E-state index in [2.05, 4.69) is 15.5 Å². The molecule has 0 fully saturated rings. The molecular weight excluding hydrogens is 446 g/mol. The lowest BCUT2D eigenvalue weighted by molar-refractivity contribution is -0.129. The van der Waals surface area contributed by atoms with Gasteiger partial charge in [0.05, 0.1) is 30.8 Å². The SMILES string of the molecule is CCCC(=O)CCOC(C)(C)CCOC(C)(C)CC(=O)NCc1ccc(/C(N)=N/N=C(/C)N)cc1. The lowest BCUT2D eigenvalue weighted by Crippen LogP contribution is -2.36. The number of ketones is 1. The van der Waals surface area contributed by atoms with E-state index in [0.717, 1.165) is 17.5 Å². The predicted octanol–water partition coefficient (Wildman–Crippen LogP) is 3.43. The van der Waals surface area contributed by atoms with Crippen molar-refractivity contribution in [3.8, 4) is 0 Å². The standard InChI is InChI=1S/C26H43N5O4/c1-7-8-22(32)13-15-34-25(3,4)14-16-35-26(5,6)17-23(33)29-18-20-9-11-21(12-10-20)24(28)31-30-19(2)27/h9-12H,7-8,13-18H2,1-6H3,(H2,27,30)(H2,28,31)(H,29,33). The quantitative estimate of drug-likeness (QED) is 0.184. The van der Waals surface area contributed by atoms with Crippen molar-refractivity contribution in [2.24, 2.45) is 21.7 Å². The fourth-order valence-corrected chi connectivity index (χ4v) is 3.17. The number of nitrogens with one attached hydrogen (secondary N) is 1. The van der Waals surface area contributed by atoms with E-state index < -0.39 is 11.2 Å². The molecule has 0 radical (unpaired) electrons. The lowest BCUT2D eigenvalue weighted by atomic mass is 10.0. The fraction of sp³-hybridized carbons (Fsp3) is 0.615. The minimum absolute atomic E-state index is 0.0992. The highest BCUT2D eigenvalue weighted by atomic mass is 16.5. The molecule has 0 saturated heterocycles. The largest absolute Gasteiger partial charge is 0.386 e. The summed E-state index contributed by atoms with van der Waals surface area (Å²) in [5.41, 5.74) is 12.0. The Kier molecular flexibility index (Phi) is 12.6. The third-order valence-electron chi connectivity index (χ3n) is 5.24. The zero-order chi connectivity index (χ0) is 26.5. The van der Waals surface area contributed by atoms with E-state index in [-0.39, 0.29) is 23.9 Å². The van der Waals surface area contributed by atoms with E-state index in [1.165, 1.54) is 0 Å². The van der Waals surface area contributed by atoms with Crippen LogP contribution in [0.15, 0.2) is 34.5 Å². The monoisotopic (exact) mass is 489 g/mol. The Bertz CT molecular complexity index is 872. The number of benzene rings is 1. The van der Waals surface area contributed by atoms with Crippen LogP contribution in [0.4, 0.5) is 0 Å². The van der Waals surface area contributed by atoms with Crippen LogP contribution in [0.1, 0.15) is 84.8 Å². The smallest absolute Gasteiger partial charge is 0.223 e. The van der Waals surface area contributed by atoms with E-state index in [1.54, 1.807) is 6.92 Å². The number of nitrogens with zero attached hydrogens (tertiary/aromatic N) is 2. The van der Waals surface area contributed by atoms with Gasteiger partial charge in [0.15, 0.2) is 5.84 Å². The van der Waals surface area contributed by atoms with Crippen LogP contribution in [0.5, 0.6) is 0 Å². The highest BCUT2D eigenvalue weighted by Crippen LogP contribution is 2.20. The van der Waals surface area contributed by atoms with Crippen LogP contribution in [0, 0.1) is 0 Å². The zero-order valence-corrected chi connectivity index (χ0v) is 22.1. The summed E-state index contributed by atoms with van der Waals surface area (Å²) in [7, 11) is 0. The molecule has 0 unspecified atom stereocenters. The molecule has 1 amide bonds. The first kappa shape index (κ1) is 30.3. The van der Waals surface area contributed by atoms with Crippen molar-refractivity contribution in [2.45, 2.75) is 91.4 Å². The molecular formula is C26H43N5O4. The van der Waals surface area contributed by atoms with Crippen LogP contribution in [0.3, 0.4) is 0 Å². The van der Waals surface area contributed by atoms with Crippen molar-refractivity contribution in [1.82, 2.24) is 5.32 Å². The molecule has 0 aliphatic carbocycles. The summed E-state index contributed by atoms with van der Waals surface area (Å²) in [5, 5.41) is 10.5. The number of carbonyl (C=O) groups excluding carboxylic acids is 2. The summed E-state index contributed by atoms with van der Waals surface area (Å²) >= 11 is 0. The average molecular weight is 490 g/mol. The number of hydrogen-bond donors (Lipinski definition) is 3. The Balaban J connectivity index is 2.41. The maximum atomic E-state index is 12.5. The molecule has 1 aromatic rings. The van der Waals surface area contributed by atoms with Crippen LogP contribution >= 0.6 is 0 Å². The van der Waals surface area contributed by atoms with Crippen LogP contribution in [0.2, 0.25) is 0 Å². The Hall–Kier alpha value is -2.78.